The van der Waals surface area contributed by atoms with Gasteiger partial charge in [-0.05, 0) is 37.3 Å². The minimum Gasteiger partial charge on any atom is -0.488 e. The van der Waals surface area contributed by atoms with E-state index in [0.717, 1.165) is 43.7 Å². The molecule has 1 heterocycles. The van der Waals surface area contributed by atoms with Crippen molar-refractivity contribution in [2.75, 3.05) is 19.6 Å². The van der Waals surface area contributed by atoms with Gasteiger partial charge in [0.25, 0.3) is 0 Å². The van der Waals surface area contributed by atoms with Gasteiger partial charge in [-0.2, -0.15) is 0 Å². The molecule has 1 atom stereocenters. The first-order chi connectivity index (χ1) is 9.85. The summed E-state index contributed by atoms with van der Waals surface area (Å²) in [5.41, 5.74) is 1.30. The van der Waals surface area contributed by atoms with Crippen molar-refractivity contribution < 1.29 is 4.74 Å². The summed E-state index contributed by atoms with van der Waals surface area (Å²) in [7, 11) is 0. The van der Waals surface area contributed by atoms with Gasteiger partial charge in [-0.25, -0.2) is 0 Å². The predicted molar refractivity (Wildman–Crippen MR) is 96.7 cm³/mol. The van der Waals surface area contributed by atoms with Crippen LogP contribution in [-0.2, 0) is 6.42 Å². The third-order valence-corrected chi connectivity index (χ3v) is 3.76. The number of aliphatic imine (C=N–C) groups is 1. The first kappa shape index (κ1) is 16.4. The molecule has 0 radical (unpaired) electrons. The maximum absolute atomic E-state index is 5.93. The Morgan fingerprint density at radius 2 is 2.10 bits per heavy atom. The minimum absolute atomic E-state index is 0. The lowest BCUT2D eigenvalue weighted by Crippen LogP contribution is -2.42. The van der Waals surface area contributed by atoms with Crippen LogP contribution in [0.1, 0.15) is 25.3 Å². The summed E-state index contributed by atoms with van der Waals surface area (Å²) in [4.78, 5) is 4.62. The van der Waals surface area contributed by atoms with E-state index in [0.29, 0.717) is 0 Å². The van der Waals surface area contributed by atoms with Gasteiger partial charge in [-0.15, -0.1) is 24.0 Å². The molecule has 1 aromatic carbocycles. The van der Waals surface area contributed by atoms with E-state index in [1.54, 1.807) is 0 Å². The molecule has 0 aromatic heterocycles. The number of fused-ring (bicyclic) bond motifs is 1. The Balaban J connectivity index is 0.00000161. The molecule has 21 heavy (non-hydrogen) atoms. The molecule has 1 fully saturated rings. The third-order valence-electron chi connectivity index (χ3n) is 3.76. The lowest BCUT2D eigenvalue weighted by atomic mass is 10.1. The van der Waals surface area contributed by atoms with Gasteiger partial charge in [0.2, 0.25) is 0 Å². The fourth-order valence-corrected chi connectivity index (χ4v) is 2.44. The zero-order chi connectivity index (χ0) is 13.8. The molecule has 1 aliphatic carbocycles. The van der Waals surface area contributed by atoms with Crippen molar-refractivity contribution >= 4 is 29.9 Å². The summed E-state index contributed by atoms with van der Waals surface area (Å²) in [6, 6.07) is 8.28. The molecular weight excluding hydrogens is 377 g/mol. The van der Waals surface area contributed by atoms with Gasteiger partial charge >= 0.3 is 0 Å². The Hall–Kier alpha value is -0.980. The maximum atomic E-state index is 5.93. The summed E-state index contributed by atoms with van der Waals surface area (Å²) in [6.07, 6.45) is 3.86. The van der Waals surface area contributed by atoms with Crippen LogP contribution in [0.2, 0.25) is 0 Å². The molecule has 2 N–H and O–H groups in total. The highest BCUT2D eigenvalue weighted by Gasteiger charge is 2.23. The number of hydrogen-bond acceptors (Lipinski definition) is 2. The number of rotatable bonds is 5. The smallest absolute Gasteiger partial charge is 0.191 e. The van der Waals surface area contributed by atoms with Crippen molar-refractivity contribution in [2.45, 2.75) is 32.3 Å². The first-order valence-corrected chi connectivity index (χ1v) is 7.62. The Morgan fingerprint density at radius 3 is 2.81 bits per heavy atom. The summed E-state index contributed by atoms with van der Waals surface area (Å²) in [6.45, 7) is 4.73. The summed E-state index contributed by atoms with van der Waals surface area (Å²) >= 11 is 0. The van der Waals surface area contributed by atoms with Gasteiger partial charge in [0, 0.05) is 19.5 Å². The van der Waals surface area contributed by atoms with Crippen LogP contribution in [0.25, 0.3) is 0 Å². The average Bonchev–Trinajstić information content (AvgIpc) is 3.19. The molecule has 0 amide bonds. The predicted octanol–water partition coefficient (Wildman–Crippen LogP) is 2.57. The molecule has 4 nitrogen and oxygen atoms in total. The third kappa shape index (κ3) is 4.76. The number of nitrogens with one attached hydrogen (secondary N) is 2. The average molecular weight is 401 g/mol. The molecule has 0 bridgehead atoms. The van der Waals surface area contributed by atoms with Gasteiger partial charge in [-0.1, -0.05) is 18.2 Å². The van der Waals surface area contributed by atoms with E-state index in [4.69, 9.17) is 4.74 Å². The van der Waals surface area contributed by atoms with Crippen LogP contribution < -0.4 is 15.4 Å². The van der Waals surface area contributed by atoms with Gasteiger partial charge in [0.1, 0.15) is 11.9 Å². The second-order valence-electron chi connectivity index (χ2n) is 5.60. The van der Waals surface area contributed by atoms with Crippen LogP contribution in [-0.4, -0.2) is 31.7 Å². The molecular formula is C16H24IN3O. The van der Waals surface area contributed by atoms with Crippen LogP contribution in [0.15, 0.2) is 29.3 Å². The largest absolute Gasteiger partial charge is 0.488 e. The number of para-hydroxylation sites is 1. The molecule has 1 saturated carbocycles. The van der Waals surface area contributed by atoms with Crippen LogP contribution in [0.3, 0.4) is 0 Å². The molecule has 0 spiro atoms. The van der Waals surface area contributed by atoms with E-state index in [1.807, 2.05) is 12.1 Å². The van der Waals surface area contributed by atoms with E-state index in [9.17, 15) is 0 Å². The van der Waals surface area contributed by atoms with Crippen LogP contribution in [0.4, 0.5) is 0 Å². The van der Waals surface area contributed by atoms with E-state index in [-0.39, 0.29) is 30.1 Å². The number of hydrogen-bond donors (Lipinski definition) is 2. The Morgan fingerprint density at radius 1 is 1.29 bits per heavy atom. The molecule has 3 rings (SSSR count). The minimum atomic E-state index is 0. The zero-order valence-electron chi connectivity index (χ0n) is 12.5. The summed E-state index contributed by atoms with van der Waals surface area (Å²) in [5.74, 6) is 2.76. The van der Waals surface area contributed by atoms with E-state index >= 15 is 0 Å². The van der Waals surface area contributed by atoms with Crippen molar-refractivity contribution in [1.82, 2.24) is 10.6 Å². The highest BCUT2D eigenvalue weighted by molar-refractivity contribution is 14.0. The zero-order valence-corrected chi connectivity index (χ0v) is 14.8. The second-order valence-corrected chi connectivity index (χ2v) is 5.60. The molecule has 2 aliphatic rings. The molecule has 5 heteroatoms. The van der Waals surface area contributed by atoms with E-state index < -0.39 is 0 Å². The van der Waals surface area contributed by atoms with Gasteiger partial charge in [0.15, 0.2) is 5.96 Å². The van der Waals surface area contributed by atoms with Crippen LogP contribution in [0.5, 0.6) is 5.75 Å². The van der Waals surface area contributed by atoms with E-state index in [2.05, 4.69) is 34.7 Å². The van der Waals surface area contributed by atoms with Crippen molar-refractivity contribution in [1.29, 1.82) is 0 Å². The Labute approximate surface area is 143 Å². The first-order valence-electron chi connectivity index (χ1n) is 7.62. The topological polar surface area (TPSA) is 45.7 Å². The monoisotopic (exact) mass is 401 g/mol. The molecule has 1 aromatic rings. The van der Waals surface area contributed by atoms with Gasteiger partial charge in [0.05, 0.1) is 6.54 Å². The van der Waals surface area contributed by atoms with Crippen LogP contribution in [0, 0.1) is 5.92 Å². The van der Waals surface area contributed by atoms with Crippen molar-refractivity contribution in [3.05, 3.63) is 29.8 Å². The van der Waals surface area contributed by atoms with Crippen molar-refractivity contribution in [2.24, 2.45) is 10.9 Å². The lowest BCUT2D eigenvalue weighted by Gasteiger charge is -2.15. The highest BCUT2D eigenvalue weighted by Crippen LogP contribution is 2.29. The SMILES string of the molecule is CCNC(=NCC1CC1)NCC1Cc2ccccc2O1.I. The lowest BCUT2D eigenvalue weighted by molar-refractivity contribution is 0.235. The van der Waals surface area contributed by atoms with Gasteiger partial charge in [-0.3, -0.25) is 4.99 Å². The number of ether oxygens (including phenoxy) is 1. The summed E-state index contributed by atoms with van der Waals surface area (Å²) < 4.78 is 5.93. The van der Waals surface area contributed by atoms with Crippen molar-refractivity contribution in [3.8, 4) is 5.75 Å². The highest BCUT2D eigenvalue weighted by atomic mass is 127. The maximum Gasteiger partial charge on any atom is 0.191 e. The standard InChI is InChI=1S/C16H23N3O.HI/c1-2-17-16(18-10-12-7-8-12)19-11-14-9-13-5-3-4-6-15(13)20-14;/h3-6,12,14H,2,7-11H2,1H3,(H2,17,18,19);1H. The molecule has 1 unspecified atom stereocenters. The fraction of sp³-hybridized carbons (Fsp3) is 0.562. The normalized spacial score (nSPS) is 20.2. The number of benzene rings is 1. The Bertz CT molecular complexity index is 463. The number of guanidine groups is 1. The molecule has 0 saturated heterocycles. The quantitative estimate of drug-likeness (QED) is 0.453. The van der Waals surface area contributed by atoms with Crippen LogP contribution >= 0.6 is 24.0 Å². The second kappa shape index (κ2) is 7.87. The number of nitrogens with zero attached hydrogens (tertiary/aromatic N) is 1. The number of halogens is 1. The molecule has 116 valence electrons. The van der Waals surface area contributed by atoms with Crippen molar-refractivity contribution in [3.63, 3.8) is 0 Å². The summed E-state index contributed by atoms with van der Waals surface area (Å²) in [5, 5.41) is 6.69. The van der Waals surface area contributed by atoms with E-state index in [1.165, 1.54) is 18.4 Å². The Kier molecular flexibility index (Phi) is 6.14. The van der Waals surface area contributed by atoms with Gasteiger partial charge < -0.3 is 15.4 Å². The fourth-order valence-electron chi connectivity index (χ4n) is 2.44. The molecule has 1 aliphatic heterocycles.